The minimum atomic E-state index is -3.13. The first-order valence-corrected chi connectivity index (χ1v) is 10.6. The molecule has 1 aliphatic rings. The fraction of sp³-hybridized carbons (Fsp3) is 0.632. The summed E-state index contributed by atoms with van der Waals surface area (Å²) in [5.74, 6) is 0.757. The Morgan fingerprint density at radius 1 is 1.16 bits per heavy atom. The Labute approximate surface area is 152 Å². The molecule has 0 heterocycles. The van der Waals surface area contributed by atoms with Crippen LogP contribution >= 0.6 is 0 Å². The lowest BCUT2D eigenvalue weighted by Gasteiger charge is -2.43. The minimum Gasteiger partial charge on any atom is -0.356 e. The summed E-state index contributed by atoms with van der Waals surface area (Å²) in [7, 11) is -1.41. The van der Waals surface area contributed by atoms with Crippen LogP contribution in [-0.2, 0) is 15.3 Å². The molecule has 25 heavy (non-hydrogen) atoms. The van der Waals surface area contributed by atoms with Gasteiger partial charge in [0.05, 0.1) is 10.5 Å². The average Bonchev–Trinajstić information content (AvgIpc) is 2.52. The van der Waals surface area contributed by atoms with Crippen molar-refractivity contribution in [2.45, 2.75) is 50.2 Å². The molecular weight excluding hydrogens is 334 g/mol. The van der Waals surface area contributed by atoms with Crippen LogP contribution in [0, 0.1) is 0 Å². The summed E-state index contributed by atoms with van der Waals surface area (Å²) in [5.41, 5.74) is 1.52. The molecule has 0 bridgehead atoms. The van der Waals surface area contributed by atoms with Crippen molar-refractivity contribution in [3.05, 3.63) is 35.9 Å². The summed E-state index contributed by atoms with van der Waals surface area (Å²) < 4.78 is 23.6. The van der Waals surface area contributed by atoms with E-state index in [1.54, 1.807) is 27.8 Å². The van der Waals surface area contributed by atoms with Crippen molar-refractivity contribution in [1.29, 1.82) is 0 Å². The minimum absolute atomic E-state index is 0.0982. The summed E-state index contributed by atoms with van der Waals surface area (Å²) in [5, 5.41) is 6.51. The molecule has 0 aliphatic heterocycles. The molecule has 0 atom stereocenters. The van der Waals surface area contributed by atoms with E-state index in [9.17, 15) is 8.42 Å². The molecule has 0 unspecified atom stereocenters. The Morgan fingerprint density at radius 2 is 1.80 bits per heavy atom. The van der Waals surface area contributed by atoms with Crippen LogP contribution < -0.4 is 10.6 Å². The zero-order valence-electron chi connectivity index (χ0n) is 15.8. The SMILES string of the molecule is CN=C(NCCS(=O)(=O)C(C)(C)C)NCC1(c2ccccc2)CCC1. The van der Waals surface area contributed by atoms with E-state index in [0.29, 0.717) is 12.5 Å². The first-order valence-electron chi connectivity index (χ1n) is 8.93. The summed E-state index contributed by atoms with van der Waals surface area (Å²) in [6, 6.07) is 10.6. The average molecular weight is 366 g/mol. The van der Waals surface area contributed by atoms with Crippen molar-refractivity contribution in [2.75, 3.05) is 25.9 Å². The maximum Gasteiger partial charge on any atom is 0.191 e. The number of nitrogens with zero attached hydrogens (tertiary/aromatic N) is 1. The number of aliphatic imine (C=N–C) groups is 1. The van der Waals surface area contributed by atoms with Crippen molar-refractivity contribution in [3.63, 3.8) is 0 Å². The molecule has 6 heteroatoms. The monoisotopic (exact) mass is 365 g/mol. The Bertz CT molecular complexity index is 687. The number of guanidine groups is 1. The van der Waals surface area contributed by atoms with Gasteiger partial charge >= 0.3 is 0 Å². The van der Waals surface area contributed by atoms with Gasteiger partial charge in [0, 0.05) is 25.6 Å². The number of benzene rings is 1. The fourth-order valence-electron chi connectivity index (χ4n) is 3.05. The molecule has 0 amide bonds. The summed E-state index contributed by atoms with van der Waals surface area (Å²) >= 11 is 0. The van der Waals surface area contributed by atoms with E-state index in [2.05, 4.69) is 39.9 Å². The van der Waals surface area contributed by atoms with Crippen molar-refractivity contribution in [2.24, 2.45) is 4.99 Å². The molecule has 0 spiro atoms. The molecule has 2 rings (SSSR count). The van der Waals surface area contributed by atoms with Gasteiger partial charge in [-0.25, -0.2) is 8.42 Å². The molecule has 0 aromatic heterocycles. The Kier molecular flexibility index (Phi) is 6.14. The Hall–Kier alpha value is -1.56. The van der Waals surface area contributed by atoms with Crippen LogP contribution in [0.1, 0.15) is 45.6 Å². The highest BCUT2D eigenvalue weighted by Gasteiger charge is 2.38. The van der Waals surface area contributed by atoms with E-state index < -0.39 is 14.6 Å². The smallest absolute Gasteiger partial charge is 0.191 e. The molecule has 1 aliphatic carbocycles. The summed E-state index contributed by atoms with van der Waals surface area (Å²) in [6.07, 6.45) is 3.57. The normalized spacial score (nSPS) is 17.7. The van der Waals surface area contributed by atoms with Gasteiger partial charge in [0.25, 0.3) is 0 Å². The third-order valence-corrected chi connectivity index (χ3v) is 7.72. The van der Waals surface area contributed by atoms with E-state index in [4.69, 9.17) is 0 Å². The first-order chi connectivity index (χ1) is 11.7. The van der Waals surface area contributed by atoms with Gasteiger partial charge < -0.3 is 10.6 Å². The molecule has 0 saturated heterocycles. The lowest BCUT2D eigenvalue weighted by Crippen LogP contribution is -2.49. The second kappa shape index (κ2) is 7.77. The van der Waals surface area contributed by atoms with E-state index in [1.165, 1.54) is 24.8 Å². The fourth-order valence-corrected chi connectivity index (χ4v) is 4.03. The molecule has 140 valence electrons. The number of sulfone groups is 1. The first kappa shape index (κ1) is 19.8. The third-order valence-electron chi connectivity index (χ3n) is 5.11. The highest BCUT2D eigenvalue weighted by Crippen LogP contribution is 2.43. The molecule has 2 N–H and O–H groups in total. The van der Waals surface area contributed by atoms with Crippen LogP contribution in [0.4, 0.5) is 0 Å². The predicted molar refractivity (Wildman–Crippen MR) is 105 cm³/mol. The Morgan fingerprint density at radius 3 is 2.28 bits per heavy atom. The number of rotatable bonds is 6. The number of nitrogens with one attached hydrogen (secondary N) is 2. The molecule has 1 aromatic rings. The highest BCUT2D eigenvalue weighted by molar-refractivity contribution is 7.92. The van der Waals surface area contributed by atoms with E-state index in [1.807, 2.05) is 6.07 Å². The lowest BCUT2D eigenvalue weighted by atomic mass is 9.64. The summed E-state index contributed by atoms with van der Waals surface area (Å²) in [6.45, 7) is 6.36. The van der Waals surface area contributed by atoms with Crippen LogP contribution in [0.15, 0.2) is 35.3 Å². The predicted octanol–water partition coefficient (Wildman–Crippen LogP) is 2.49. The van der Waals surface area contributed by atoms with Crippen LogP contribution in [0.3, 0.4) is 0 Å². The molecule has 1 saturated carbocycles. The molecule has 0 radical (unpaired) electrons. The van der Waals surface area contributed by atoms with E-state index in [-0.39, 0.29) is 11.2 Å². The van der Waals surface area contributed by atoms with Crippen LogP contribution in [0.2, 0.25) is 0 Å². The van der Waals surface area contributed by atoms with Gasteiger partial charge in [0.1, 0.15) is 0 Å². The van der Waals surface area contributed by atoms with Crippen molar-refractivity contribution in [1.82, 2.24) is 10.6 Å². The molecule has 5 nitrogen and oxygen atoms in total. The third kappa shape index (κ3) is 4.75. The van der Waals surface area contributed by atoms with E-state index >= 15 is 0 Å². The standard InChI is InChI=1S/C19H31N3O2S/c1-18(2,3)25(23,24)14-13-21-17(20-4)22-15-19(11-8-12-19)16-9-6-5-7-10-16/h5-7,9-10H,8,11-15H2,1-4H3,(H2,20,21,22). The highest BCUT2D eigenvalue weighted by atomic mass is 32.2. The zero-order valence-corrected chi connectivity index (χ0v) is 16.6. The lowest BCUT2D eigenvalue weighted by molar-refractivity contribution is 0.244. The van der Waals surface area contributed by atoms with Crippen molar-refractivity contribution in [3.8, 4) is 0 Å². The van der Waals surface area contributed by atoms with E-state index in [0.717, 1.165) is 6.54 Å². The summed E-state index contributed by atoms with van der Waals surface area (Å²) in [4.78, 5) is 4.22. The number of hydrogen-bond acceptors (Lipinski definition) is 3. The maximum absolute atomic E-state index is 12.2. The van der Waals surface area contributed by atoms with Crippen LogP contribution in [-0.4, -0.2) is 45.0 Å². The largest absolute Gasteiger partial charge is 0.356 e. The van der Waals surface area contributed by atoms with Gasteiger partial charge in [-0.05, 0) is 39.2 Å². The van der Waals surface area contributed by atoms with Gasteiger partial charge in [-0.3, -0.25) is 4.99 Å². The topological polar surface area (TPSA) is 70.6 Å². The quantitative estimate of drug-likeness (QED) is 0.600. The van der Waals surface area contributed by atoms with Gasteiger partial charge in [0.15, 0.2) is 15.8 Å². The van der Waals surface area contributed by atoms with Crippen LogP contribution in [0.5, 0.6) is 0 Å². The molecule has 1 aromatic carbocycles. The van der Waals surface area contributed by atoms with Gasteiger partial charge in [0.2, 0.25) is 0 Å². The van der Waals surface area contributed by atoms with Crippen LogP contribution in [0.25, 0.3) is 0 Å². The maximum atomic E-state index is 12.2. The molecular formula is C19H31N3O2S. The molecule has 1 fully saturated rings. The van der Waals surface area contributed by atoms with Crippen molar-refractivity contribution >= 4 is 15.8 Å². The van der Waals surface area contributed by atoms with Crippen molar-refractivity contribution < 1.29 is 8.42 Å². The van der Waals surface area contributed by atoms with Gasteiger partial charge in [-0.2, -0.15) is 0 Å². The zero-order chi connectivity index (χ0) is 18.6. The second-order valence-corrected chi connectivity index (χ2v) is 10.6. The Balaban J connectivity index is 1.89. The number of hydrogen-bond donors (Lipinski definition) is 2. The second-order valence-electron chi connectivity index (χ2n) is 7.78. The van der Waals surface area contributed by atoms with Gasteiger partial charge in [-0.15, -0.1) is 0 Å². The van der Waals surface area contributed by atoms with Gasteiger partial charge in [-0.1, -0.05) is 36.8 Å².